The summed E-state index contributed by atoms with van der Waals surface area (Å²) in [5.41, 5.74) is 0. The Labute approximate surface area is 114 Å². The highest BCUT2D eigenvalue weighted by atomic mass is 16.2. The second kappa shape index (κ2) is 6.17. The van der Waals surface area contributed by atoms with Crippen molar-refractivity contribution in [1.82, 2.24) is 20.5 Å². The van der Waals surface area contributed by atoms with Crippen LogP contribution in [0, 0.1) is 11.8 Å². The number of hydrogen-bond donors (Lipinski definition) is 2. The van der Waals surface area contributed by atoms with Gasteiger partial charge in [-0.25, -0.2) is 4.98 Å². The zero-order valence-corrected chi connectivity index (χ0v) is 12.1. The minimum atomic E-state index is -0.148. The number of aryl methyl sites for hydroxylation is 1. The third-order valence-corrected chi connectivity index (χ3v) is 3.97. The van der Waals surface area contributed by atoms with Gasteiger partial charge in [-0.3, -0.25) is 9.89 Å². The summed E-state index contributed by atoms with van der Waals surface area (Å²) in [7, 11) is 0. The molecular weight excluding hydrogens is 240 g/mol. The molecule has 1 aromatic rings. The number of aromatic amines is 1. The van der Waals surface area contributed by atoms with Crippen LogP contribution in [0.25, 0.3) is 0 Å². The van der Waals surface area contributed by atoms with Gasteiger partial charge in [-0.2, -0.15) is 0 Å². The number of nitrogens with one attached hydrogen (secondary N) is 2. The van der Waals surface area contributed by atoms with E-state index in [1.807, 2.05) is 0 Å². The number of amides is 1. The molecule has 1 heterocycles. The lowest BCUT2D eigenvalue weighted by Gasteiger charge is -2.32. The molecule has 1 fully saturated rings. The molecule has 1 amide bonds. The maximum absolute atomic E-state index is 12.1. The first kappa shape index (κ1) is 14.0. The van der Waals surface area contributed by atoms with Gasteiger partial charge in [0.25, 0.3) is 5.91 Å². The summed E-state index contributed by atoms with van der Waals surface area (Å²) in [5.74, 6) is 2.21. The van der Waals surface area contributed by atoms with Crippen LogP contribution in [0.15, 0.2) is 0 Å². The van der Waals surface area contributed by atoms with E-state index >= 15 is 0 Å². The lowest BCUT2D eigenvalue weighted by Crippen LogP contribution is -2.42. The van der Waals surface area contributed by atoms with Gasteiger partial charge in [-0.1, -0.05) is 20.8 Å². The smallest absolute Gasteiger partial charge is 0.291 e. The van der Waals surface area contributed by atoms with Gasteiger partial charge < -0.3 is 5.32 Å². The third-order valence-electron chi connectivity index (χ3n) is 3.97. The van der Waals surface area contributed by atoms with Gasteiger partial charge in [0, 0.05) is 12.5 Å². The highest BCUT2D eigenvalue weighted by Crippen LogP contribution is 2.28. The number of aromatic nitrogens is 3. The summed E-state index contributed by atoms with van der Waals surface area (Å²) < 4.78 is 0. The minimum Gasteiger partial charge on any atom is -0.346 e. The zero-order chi connectivity index (χ0) is 13.8. The molecule has 2 N–H and O–H groups in total. The van der Waals surface area contributed by atoms with Crippen molar-refractivity contribution >= 4 is 5.91 Å². The molecule has 0 saturated heterocycles. The van der Waals surface area contributed by atoms with Crippen LogP contribution in [0.1, 0.15) is 62.9 Å². The average Bonchev–Trinajstić information content (AvgIpc) is 2.82. The van der Waals surface area contributed by atoms with E-state index in [9.17, 15) is 4.79 Å². The Kier molecular flexibility index (Phi) is 4.56. The highest BCUT2D eigenvalue weighted by Gasteiger charge is 2.27. The standard InChI is InChI=1S/C14H24N4O/c1-4-5-12-16-13(18-17-12)14(19)15-11-7-6-9(2)8-10(11)3/h9-11H,4-8H2,1-3H3,(H,15,19)(H,16,17,18). The largest absolute Gasteiger partial charge is 0.346 e. The van der Waals surface area contributed by atoms with Crippen molar-refractivity contribution in [2.45, 2.75) is 58.9 Å². The van der Waals surface area contributed by atoms with Crippen LogP contribution in [0.3, 0.4) is 0 Å². The summed E-state index contributed by atoms with van der Waals surface area (Å²) in [6.45, 7) is 6.56. The van der Waals surface area contributed by atoms with Gasteiger partial charge in [0.05, 0.1) is 0 Å². The molecule has 3 atom stereocenters. The summed E-state index contributed by atoms with van der Waals surface area (Å²) in [5, 5.41) is 9.89. The Morgan fingerprint density at radius 3 is 2.89 bits per heavy atom. The first-order valence-corrected chi connectivity index (χ1v) is 7.32. The molecule has 5 nitrogen and oxygen atoms in total. The average molecular weight is 264 g/mol. The summed E-state index contributed by atoms with van der Waals surface area (Å²) >= 11 is 0. The van der Waals surface area contributed by atoms with E-state index in [0.717, 1.165) is 31.0 Å². The number of hydrogen-bond acceptors (Lipinski definition) is 3. The SMILES string of the molecule is CCCc1nc(C(=O)NC2CCC(C)CC2C)n[nH]1. The first-order valence-electron chi connectivity index (χ1n) is 7.32. The second-order valence-electron chi connectivity index (χ2n) is 5.83. The van der Waals surface area contributed by atoms with Gasteiger partial charge in [0.2, 0.25) is 5.82 Å². The Morgan fingerprint density at radius 1 is 1.42 bits per heavy atom. The van der Waals surface area contributed by atoms with Gasteiger partial charge in [0.1, 0.15) is 5.82 Å². The predicted octanol–water partition coefficient (Wildman–Crippen LogP) is 2.31. The van der Waals surface area contributed by atoms with E-state index in [1.54, 1.807) is 0 Å². The number of rotatable bonds is 4. The van der Waals surface area contributed by atoms with E-state index in [0.29, 0.717) is 5.92 Å². The van der Waals surface area contributed by atoms with Gasteiger partial charge in [0.15, 0.2) is 0 Å². The van der Waals surface area contributed by atoms with Crippen LogP contribution >= 0.6 is 0 Å². The number of carbonyl (C=O) groups excluding carboxylic acids is 1. The quantitative estimate of drug-likeness (QED) is 0.876. The molecule has 2 rings (SSSR count). The Hall–Kier alpha value is -1.39. The van der Waals surface area contributed by atoms with Crippen LogP contribution in [0.4, 0.5) is 0 Å². The van der Waals surface area contributed by atoms with E-state index in [1.165, 1.54) is 12.8 Å². The van der Waals surface area contributed by atoms with E-state index in [2.05, 4.69) is 41.3 Å². The highest BCUT2D eigenvalue weighted by molar-refractivity contribution is 5.90. The monoisotopic (exact) mass is 264 g/mol. The zero-order valence-electron chi connectivity index (χ0n) is 12.1. The lowest BCUT2D eigenvalue weighted by atomic mass is 9.80. The molecule has 5 heteroatoms. The lowest BCUT2D eigenvalue weighted by molar-refractivity contribution is 0.0889. The van der Waals surface area contributed by atoms with Crippen LogP contribution in [0.5, 0.6) is 0 Å². The molecule has 1 saturated carbocycles. The van der Waals surface area contributed by atoms with Crippen molar-refractivity contribution in [2.75, 3.05) is 0 Å². The van der Waals surface area contributed by atoms with E-state index in [-0.39, 0.29) is 17.8 Å². The molecule has 106 valence electrons. The van der Waals surface area contributed by atoms with Crippen molar-refractivity contribution in [3.8, 4) is 0 Å². The van der Waals surface area contributed by atoms with Crippen LogP contribution in [-0.2, 0) is 6.42 Å². The molecule has 1 aromatic heterocycles. The van der Waals surface area contributed by atoms with Crippen LogP contribution < -0.4 is 5.32 Å². The fraction of sp³-hybridized carbons (Fsp3) is 0.786. The molecule has 3 unspecified atom stereocenters. The predicted molar refractivity (Wildman–Crippen MR) is 73.8 cm³/mol. The molecule has 0 aliphatic heterocycles. The Balaban J connectivity index is 1.92. The molecular formula is C14H24N4O. The summed E-state index contributed by atoms with van der Waals surface area (Å²) in [4.78, 5) is 16.3. The third kappa shape index (κ3) is 3.55. The second-order valence-corrected chi connectivity index (χ2v) is 5.83. The minimum absolute atomic E-state index is 0.148. The first-order chi connectivity index (χ1) is 9.10. The van der Waals surface area contributed by atoms with Crippen molar-refractivity contribution in [2.24, 2.45) is 11.8 Å². The number of carbonyl (C=O) groups is 1. The molecule has 1 aliphatic carbocycles. The topological polar surface area (TPSA) is 70.7 Å². The fourth-order valence-electron chi connectivity index (χ4n) is 2.86. The molecule has 0 radical (unpaired) electrons. The normalized spacial score (nSPS) is 27.2. The van der Waals surface area contributed by atoms with E-state index in [4.69, 9.17) is 0 Å². The summed E-state index contributed by atoms with van der Waals surface area (Å²) in [6.07, 6.45) is 5.25. The van der Waals surface area contributed by atoms with Crippen molar-refractivity contribution < 1.29 is 4.79 Å². The molecule has 1 aliphatic rings. The van der Waals surface area contributed by atoms with Gasteiger partial charge in [-0.15, -0.1) is 5.10 Å². The molecule has 0 aromatic carbocycles. The van der Waals surface area contributed by atoms with Crippen molar-refractivity contribution in [3.63, 3.8) is 0 Å². The van der Waals surface area contributed by atoms with E-state index < -0.39 is 0 Å². The van der Waals surface area contributed by atoms with Gasteiger partial charge in [-0.05, 0) is 37.5 Å². The molecule has 0 bridgehead atoms. The molecule has 0 spiro atoms. The van der Waals surface area contributed by atoms with Crippen molar-refractivity contribution in [3.05, 3.63) is 11.6 Å². The Morgan fingerprint density at radius 2 is 2.21 bits per heavy atom. The van der Waals surface area contributed by atoms with Crippen molar-refractivity contribution in [1.29, 1.82) is 0 Å². The molecule has 19 heavy (non-hydrogen) atoms. The number of nitrogens with zero attached hydrogens (tertiary/aromatic N) is 2. The summed E-state index contributed by atoms with van der Waals surface area (Å²) in [6, 6.07) is 0.261. The maximum Gasteiger partial charge on any atom is 0.291 e. The fourth-order valence-corrected chi connectivity index (χ4v) is 2.86. The van der Waals surface area contributed by atoms with Crippen LogP contribution in [0.2, 0.25) is 0 Å². The van der Waals surface area contributed by atoms with Crippen LogP contribution in [-0.4, -0.2) is 27.1 Å². The van der Waals surface area contributed by atoms with Gasteiger partial charge >= 0.3 is 0 Å². The number of H-pyrrole nitrogens is 1. The maximum atomic E-state index is 12.1. The Bertz CT molecular complexity index is 429.